The number of carboxylic acids is 1. The van der Waals surface area contributed by atoms with Gasteiger partial charge in [-0.05, 0) is 44.9 Å². The Morgan fingerprint density at radius 3 is 2.96 bits per heavy atom. The molecule has 1 aromatic carbocycles. The van der Waals surface area contributed by atoms with Gasteiger partial charge in [0.15, 0.2) is 0 Å². The second-order valence-electron chi connectivity index (χ2n) is 6.75. The number of nitrogens with zero attached hydrogens (tertiary/aromatic N) is 1. The van der Waals surface area contributed by atoms with Crippen LogP contribution in [0.5, 0.6) is 11.5 Å². The number of unbranched alkanes of at least 4 members (excludes halogenated alkanes) is 1. The van der Waals surface area contributed by atoms with Gasteiger partial charge in [-0.25, -0.2) is 0 Å². The second-order valence-corrected chi connectivity index (χ2v) is 8.42. The molecule has 0 saturated carbocycles. The molecule has 1 saturated heterocycles. The third-order valence-corrected chi connectivity index (χ3v) is 5.89. The van der Waals surface area contributed by atoms with Crippen molar-refractivity contribution in [2.24, 2.45) is 0 Å². The van der Waals surface area contributed by atoms with E-state index in [1.807, 2.05) is 26.0 Å². The van der Waals surface area contributed by atoms with Crippen LogP contribution in [0.3, 0.4) is 0 Å². The Morgan fingerprint density at radius 1 is 1.46 bits per heavy atom. The number of thiocarbonyl (C=S) groups is 1. The largest absolute Gasteiger partial charge is 0.493 e. The average molecular weight is 422 g/mol. The summed E-state index contributed by atoms with van der Waals surface area (Å²) >= 11 is 6.60. The van der Waals surface area contributed by atoms with Crippen LogP contribution in [0.15, 0.2) is 17.0 Å². The minimum absolute atomic E-state index is 0.0932. The van der Waals surface area contributed by atoms with E-state index < -0.39 is 5.97 Å². The Hall–Kier alpha value is -2.06. The number of aliphatic carboxylic acids is 1. The number of carboxylic acid groups (broad SMARTS) is 1. The molecule has 1 fully saturated rings. The number of amides is 1. The molecule has 0 bridgehead atoms. The minimum atomic E-state index is -0.832. The van der Waals surface area contributed by atoms with Gasteiger partial charge in [-0.2, -0.15) is 0 Å². The van der Waals surface area contributed by atoms with Gasteiger partial charge in [0.1, 0.15) is 21.9 Å². The van der Waals surface area contributed by atoms with Gasteiger partial charge in [0, 0.05) is 30.5 Å². The maximum Gasteiger partial charge on any atom is 0.303 e. The molecule has 1 aromatic rings. The molecule has 1 atom stereocenters. The van der Waals surface area contributed by atoms with Gasteiger partial charge in [-0.1, -0.05) is 24.0 Å². The van der Waals surface area contributed by atoms with E-state index in [2.05, 4.69) is 0 Å². The van der Waals surface area contributed by atoms with Crippen molar-refractivity contribution in [3.63, 3.8) is 0 Å². The molecular weight excluding hydrogens is 398 g/mol. The molecule has 2 aliphatic rings. The lowest BCUT2D eigenvalue weighted by Crippen LogP contribution is -2.29. The lowest BCUT2D eigenvalue weighted by Gasteiger charge is -2.13. The fraction of sp³-hybridized carbons (Fsp3) is 0.450. The van der Waals surface area contributed by atoms with Gasteiger partial charge >= 0.3 is 5.97 Å². The van der Waals surface area contributed by atoms with Gasteiger partial charge in [0.2, 0.25) is 0 Å². The summed E-state index contributed by atoms with van der Waals surface area (Å²) in [5.74, 6) is 0.571. The second kappa shape index (κ2) is 8.96. The third-order valence-electron chi connectivity index (χ3n) is 4.51. The van der Waals surface area contributed by atoms with E-state index in [1.165, 1.54) is 11.8 Å². The van der Waals surface area contributed by atoms with Crippen molar-refractivity contribution in [1.82, 2.24) is 4.90 Å². The van der Waals surface area contributed by atoms with E-state index >= 15 is 0 Å². The Bertz CT molecular complexity index is 836. The summed E-state index contributed by atoms with van der Waals surface area (Å²) in [5.41, 5.74) is 1.90. The van der Waals surface area contributed by atoms with E-state index in [0.717, 1.165) is 29.0 Å². The van der Waals surface area contributed by atoms with E-state index in [0.29, 0.717) is 35.2 Å². The minimum Gasteiger partial charge on any atom is -0.493 e. The fourth-order valence-electron chi connectivity index (χ4n) is 3.23. The summed E-state index contributed by atoms with van der Waals surface area (Å²) < 4.78 is 12.1. The van der Waals surface area contributed by atoms with Crippen LogP contribution >= 0.6 is 24.0 Å². The quantitative estimate of drug-likeness (QED) is 0.388. The standard InChI is InChI=1S/C20H23NO5S2/c1-3-25-15-9-13-8-12(2)26-16(13)10-14(15)11-17-19(24)21(20(27)28-17)7-5-4-6-18(22)23/h9-12H,3-8H2,1-2H3,(H,22,23)/b17-11-/t12-/m1/s1. The van der Waals surface area contributed by atoms with E-state index in [4.69, 9.17) is 26.8 Å². The van der Waals surface area contributed by atoms with Crippen molar-refractivity contribution in [2.75, 3.05) is 13.2 Å². The van der Waals surface area contributed by atoms with E-state index in [-0.39, 0.29) is 18.4 Å². The molecule has 8 heteroatoms. The maximum atomic E-state index is 12.8. The summed E-state index contributed by atoms with van der Waals surface area (Å²) in [5, 5.41) is 8.73. The number of hydrogen-bond donors (Lipinski definition) is 1. The summed E-state index contributed by atoms with van der Waals surface area (Å²) in [6.45, 7) is 4.90. The molecule has 3 rings (SSSR count). The predicted octanol–water partition coefficient (Wildman–Crippen LogP) is 3.86. The highest BCUT2D eigenvalue weighted by Crippen LogP contribution is 2.39. The first-order valence-electron chi connectivity index (χ1n) is 9.32. The number of fused-ring (bicyclic) bond motifs is 1. The van der Waals surface area contributed by atoms with Crippen molar-refractivity contribution in [3.05, 3.63) is 28.2 Å². The summed E-state index contributed by atoms with van der Waals surface area (Å²) in [6, 6.07) is 3.91. The molecule has 0 unspecified atom stereocenters. The Kier molecular flexibility index (Phi) is 6.61. The fourth-order valence-corrected chi connectivity index (χ4v) is 4.53. The number of carbonyl (C=O) groups excluding carboxylic acids is 1. The van der Waals surface area contributed by atoms with Gasteiger partial charge in [-0.15, -0.1) is 0 Å². The molecular formula is C20H23NO5S2. The lowest BCUT2D eigenvalue weighted by molar-refractivity contribution is -0.137. The van der Waals surface area contributed by atoms with Crippen molar-refractivity contribution in [1.29, 1.82) is 0 Å². The number of benzene rings is 1. The number of rotatable bonds is 8. The summed E-state index contributed by atoms with van der Waals surface area (Å²) in [4.78, 5) is 25.5. The van der Waals surface area contributed by atoms with Crippen molar-refractivity contribution < 1.29 is 24.2 Å². The molecule has 28 heavy (non-hydrogen) atoms. The number of ether oxygens (including phenoxy) is 2. The molecule has 0 aliphatic carbocycles. The van der Waals surface area contributed by atoms with Crippen molar-refractivity contribution in [2.45, 2.75) is 45.6 Å². The average Bonchev–Trinajstić information content (AvgIpc) is 3.11. The molecule has 0 aromatic heterocycles. The van der Waals surface area contributed by atoms with Gasteiger partial charge in [0.25, 0.3) is 5.91 Å². The molecule has 0 spiro atoms. The van der Waals surface area contributed by atoms with Crippen LogP contribution in [-0.2, 0) is 16.0 Å². The van der Waals surface area contributed by atoms with Crippen LogP contribution in [0.25, 0.3) is 6.08 Å². The number of carbonyl (C=O) groups is 2. The van der Waals surface area contributed by atoms with Crippen LogP contribution in [0, 0.1) is 0 Å². The predicted molar refractivity (Wildman–Crippen MR) is 113 cm³/mol. The molecule has 2 aliphatic heterocycles. The lowest BCUT2D eigenvalue weighted by atomic mass is 10.1. The van der Waals surface area contributed by atoms with Gasteiger partial charge < -0.3 is 14.6 Å². The van der Waals surface area contributed by atoms with Crippen LogP contribution < -0.4 is 9.47 Å². The molecule has 2 heterocycles. The summed E-state index contributed by atoms with van der Waals surface area (Å²) in [7, 11) is 0. The molecule has 1 amide bonds. The maximum absolute atomic E-state index is 12.8. The Labute approximate surface area is 173 Å². The van der Waals surface area contributed by atoms with Crippen molar-refractivity contribution >= 4 is 46.3 Å². The number of hydrogen-bond acceptors (Lipinski definition) is 6. The zero-order valence-electron chi connectivity index (χ0n) is 15.9. The van der Waals surface area contributed by atoms with E-state index in [9.17, 15) is 9.59 Å². The molecule has 6 nitrogen and oxygen atoms in total. The highest BCUT2D eigenvalue weighted by atomic mass is 32.2. The van der Waals surface area contributed by atoms with Crippen LogP contribution in [0.1, 0.15) is 44.2 Å². The number of thioether (sulfide) groups is 1. The van der Waals surface area contributed by atoms with Gasteiger partial charge in [0.05, 0.1) is 11.5 Å². The zero-order chi connectivity index (χ0) is 20.3. The van der Waals surface area contributed by atoms with Crippen LogP contribution in [0.4, 0.5) is 0 Å². The summed E-state index contributed by atoms with van der Waals surface area (Å²) in [6.07, 6.45) is 3.97. The van der Waals surface area contributed by atoms with Crippen LogP contribution in [0.2, 0.25) is 0 Å². The molecule has 150 valence electrons. The van der Waals surface area contributed by atoms with Crippen molar-refractivity contribution in [3.8, 4) is 11.5 Å². The first-order valence-corrected chi connectivity index (χ1v) is 10.5. The first kappa shape index (κ1) is 20.7. The molecule has 1 N–H and O–H groups in total. The SMILES string of the molecule is CCOc1cc2c(cc1/C=C1\SC(=S)N(CCCCC(=O)O)C1=O)O[C@H](C)C2. The Balaban J connectivity index is 1.78. The monoisotopic (exact) mass is 421 g/mol. The first-order chi connectivity index (χ1) is 13.4. The zero-order valence-corrected chi connectivity index (χ0v) is 17.5. The smallest absolute Gasteiger partial charge is 0.303 e. The highest BCUT2D eigenvalue weighted by molar-refractivity contribution is 8.26. The topological polar surface area (TPSA) is 76.1 Å². The molecule has 0 radical (unpaired) electrons. The Morgan fingerprint density at radius 2 is 2.25 bits per heavy atom. The van der Waals surface area contributed by atoms with Crippen LogP contribution in [-0.4, -0.2) is 45.5 Å². The van der Waals surface area contributed by atoms with E-state index in [1.54, 1.807) is 11.0 Å². The third kappa shape index (κ3) is 4.67. The highest BCUT2D eigenvalue weighted by Gasteiger charge is 2.32. The normalized spacial score (nSPS) is 19.9. The van der Waals surface area contributed by atoms with Gasteiger partial charge in [-0.3, -0.25) is 14.5 Å².